The fourth-order valence-electron chi connectivity index (χ4n) is 3.59. The molecule has 8 heteroatoms. The van der Waals surface area contributed by atoms with Crippen LogP contribution < -0.4 is 4.74 Å². The minimum absolute atomic E-state index is 0.157. The molecule has 3 aromatic carbocycles. The number of hydrogen-bond donors (Lipinski definition) is 1. The predicted molar refractivity (Wildman–Crippen MR) is 121 cm³/mol. The second-order valence-corrected chi connectivity index (χ2v) is 8.37. The van der Waals surface area contributed by atoms with E-state index in [0.717, 1.165) is 18.0 Å². The maximum absolute atomic E-state index is 13.4. The van der Waals surface area contributed by atoms with Crippen molar-refractivity contribution in [2.45, 2.75) is 32.0 Å². The van der Waals surface area contributed by atoms with Crippen LogP contribution >= 0.6 is 0 Å². The minimum atomic E-state index is -4.52. The van der Waals surface area contributed by atoms with E-state index < -0.39 is 23.1 Å². The normalized spacial score (nSPS) is 12.0. The Kier molecular flexibility index (Phi) is 6.00. The van der Waals surface area contributed by atoms with E-state index in [-0.39, 0.29) is 12.1 Å². The molecule has 0 aliphatic carbocycles. The third-order valence-electron chi connectivity index (χ3n) is 5.69. The van der Waals surface area contributed by atoms with Crippen LogP contribution in [0.25, 0.3) is 22.2 Å². The van der Waals surface area contributed by atoms with Gasteiger partial charge in [-0.25, -0.2) is 9.97 Å². The molecule has 0 saturated carbocycles. The van der Waals surface area contributed by atoms with Gasteiger partial charge >= 0.3 is 12.1 Å². The number of hydrogen-bond acceptors (Lipinski definition) is 4. The Balaban J connectivity index is 1.58. The minimum Gasteiger partial charge on any atom is -0.489 e. The zero-order valence-corrected chi connectivity index (χ0v) is 18.4. The van der Waals surface area contributed by atoms with E-state index in [0.29, 0.717) is 28.0 Å². The summed E-state index contributed by atoms with van der Waals surface area (Å²) in [6.07, 6.45) is -3.40. The van der Waals surface area contributed by atoms with Gasteiger partial charge in [0.2, 0.25) is 0 Å². The number of rotatable bonds is 6. The molecular weight excluding hydrogens is 445 g/mol. The molecule has 0 fully saturated rings. The van der Waals surface area contributed by atoms with Crippen molar-refractivity contribution in [3.8, 4) is 17.0 Å². The number of nitrogens with zero attached hydrogens (tertiary/aromatic N) is 2. The Morgan fingerprint density at radius 1 is 0.971 bits per heavy atom. The Morgan fingerprint density at radius 2 is 1.68 bits per heavy atom. The van der Waals surface area contributed by atoms with E-state index >= 15 is 0 Å². The molecule has 0 amide bonds. The van der Waals surface area contributed by atoms with E-state index in [2.05, 4.69) is 9.97 Å². The largest absolute Gasteiger partial charge is 0.489 e. The van der Waals surface area contributed by atoms with E-state index in [1.165, 1.54) is 6.07 Å². The molecule has 0 bridgehead atoms. The summed E-state index contributed by atoms with van der Waals surface area (Å²) in [5.41, 5.74) is 0.535. The average molecular weight is 466 g/mol. The van der Waals surface area contributed by atoms with Crippen molar-refractivity contribution in [1.82, 2.24) is 9.97 Å². The van der Waals surface area contributed by atoms with Crippen molar-refractivity contribution in [3.63, 3.8) is 0 Å². The molecule has 0 radical (unpaired) electrons. The zero-order valence-electron chi connectivity index (χ0n) is 18.4. The maximum atomic E-state index is 13.4. The van der Waals surface area contributed by atoms with Crippen molar-refractivity contribution in [2.24, 2.45) is 0 Å². The van der Waals surface area contributed by atoms with Crippen molar-refractivity contribution in [1.29, 1.82) is 0 Å². The molecular formula is C26H21F3N2O3. The highest BCUT2D eigenvalue weighted by molar-refractivity contribution is 5.94. The summed E-state index contributed by atoms with van der Waals surface area (Å²) in [4.78, 5) is 19.5. The van der Waals surface area contributed by atoms with Gasteiger partial charge in [-0.05, 0) is 43.2 Å². The number of aliphatic carboxylic acids is 1. The van der Waals surface area contributed by atoms with Gasteiger partial charge in [-0.3, -0.25) is 4.79 Å². The summed E-state index contributed by atoms with van der Waals surface area (Å²) in [5.74, 6) is -0.390. The first-order valence-electron chi connectivity index (χ1n) is 10.4. The van der Waals surface area contributed by atoms with Crippen LogP contribution in [-0.4, -0.2) is 21.0 Å². The number of benzene rings is 3. The van der Waals surface area contributed by atoms with Crippen LogP contribution in [0, 0.1) is 0 Å². The number of carboxylic acids is 1. The van der Waals surface area contributed by atoms with E-state index in [4.69, 9.17) is 4.74 Å². The molecule has 5 nitrogen and oxygen atoms in total. The van der Waals surface area contributed by atoms with Crippen LogP contribution in [-0.2, 0) is 23.0 Å². The molecule has 4 aromatic rings. The van der Waals surface area contributed by atoms with Gasteiger partial charge < -0.3 is 9.84 Å². The number of fused-ring (bicyclic) bond motifs is 1. The first-order chi connectivity index (χ1) is 16.1. The summed E-state index contributed by atoms with van der Waals surface area (Å²) in [7, 11) is 0. The third-order valence-corrected chi connectivity index (χ3v) is 5.69. The fourth-order valence-corrected chi connectivity index (χ4v) is 3.59. The number of alkyl halides is 3. The molecule has 0 saturated heterocycles. The van der Waals surface area contributed by atoms with E-state index in [9.17, 15) is 23.1 Å². The number of carboxylic acid groups (broad SMARTS) is 1. The van der Waals surface area contributed by atoms with Crippen LogP contribution in [0.5, 0.6) is 5.75 Å². The van der Waals surface area contributed by atoms with Crippen molar-refractivity contribution >= 4 is 16.9 Å². The molecule has 0 aliphatic rings. The average Bonchev–Trinajstić information content (AvgIpc) is 2.81. The van der Waals surface area contributed by atoms with Gasteiger partial charge in [0, 0.05) is 10.9 Å². The molecule has 1 N–H and O–H groups in total. The predicted octanol–water partition coefficient (Wildman–Crippen LogP) is 6.26. The smallest absolute Gasteiger partial charge is 0.418 e. The van der Waals surface area contributed by atoms with Crippen LogP contribution in [0.15, 0.2) is 73.1 Å². The van der Waals surface area contributed by atoms with Gasteiger partial charge in [0.1, 0.15) is 18.7 Å². The topological polar surface area (TPSA) is 72.3 Å². The van der Waals surface area contributed by atoms with E-state index in [1.807, 2.05) is 0 Å². The number of carbonyl (C=O) groups is 1. The van der Waals surface area contributed by atoms with Gasteiger partial charge in [0.25, 0.3) is 0 Å². The summed E-state index contributed by atoms with van der Waals surface area (Å²) in [6, 6.07) is 18.0. The summed E-state index contributed by atoms with van der Waals surface area (Å²) in [5, 5.41) is 9.66. The molecule has 174 valence electrons. The quantitative estimate of drug-likeness (QED) is 0.363. The Labute approximate surface area is 193 Å². The molecule has 1 heterocycles. The molecule has 1 aromatic heterocycles. The van der Waals surface area contributed by atoms with Gasteiger partial charge in [-0.1, -0.05) is 48.5 Å². The van der Waals surface area contributed by atoms with Gasteiger partial charge in [-0.15, -0.1) is 0 Å². The van der Waals surface area contributed by atoms with Crippen LogP contribution in [0.3, 0.4) is 0 Å². The number of aromatic nitrogens is 2. The van der Waals surface area contributed by atoms with Crippen molar-refractivity contribution in [2.75, 3.05) is 0 Å². The molecule has 34 heavy (non-hydrogen) atoms. The van der Waals surface area contributed by atoms with Crippen LogP contribution in [0.2, 0.25) is 0 Å². The Morgan fingerprint density at radius 3 is 2.35 bits per heavy atom. The fraction of sp³-hybridized carbons (Fsp3) is 0.192. The second kappa shape index (κ2) is 8.78. The van der Waals surface area contributed by atoms with Gasteiger partial charge in [-0.2, -0.15) is 13.2 Å². The standard InChI is InChI=1S/C26H21F3N2O3/c1-25(2,24(32)33)18-11-9-16(10-12-18)14-34-19-6-3-5-17(13-19)22-20-7-4-8-21(26(27,28)29)23(20)31-15-30-22/h3-13,15H,14H2,1-2H3,(H,32,33). The van der Waals surface area contributed by atoms with Gasteiger partial charge in [0.15, 0.2) is 0 Å². The number of halogens is 3. The first-order valence-corrected chi connectivity index (χ1v) is 10.4. The van der Waals surface area contributed by atoms with Gasteiger partial charge in [0.05, 0.1) is 22.2 Å². The first kappa shape index (κ1) is 23.2. The number of para-hydroxylation sites is 1. The summed E-state index contributed by atoms with van der Waals surface area (Å²) in [6.45, 7) is 3.52. The molecule has 0 atom stereocenters. The van der Waals surface area contributed by atoms with Crippen LogP contribution in [0.1, 0.15) is 30.5 Å². The lowest BCUT2D eigenvalue weighted by Gasteiger charge is -2.19. The third kappa shape index (κ3) is 4.57. The lowest BCUT2D eigenvalue weighted by Crippen LogP contribution is -2.28. The SMILES string of the molecule is CC(C)(C(=O)O)c1ccc(COc2cccc(-c3ncnc4c(C(F)(F)F)cccc34)c2)cc1. The maximum Gasteiger partial charge on any atom is 0.418 e. The van der Waals surface area contributed by atoms with Crippen LogP contribution in [0.4, 0.5) is 13.2 Å². The second-order valence-electron chi connectivity index (χ2n) is 8.37. The highest BCUT2D eigenvalue weighted by Gasteiger charge is 2.33. The molecule has 4 rings (SSSR count). The monoisotopic (exact) mass is 466 g/mol. The number of ether oxygens (including phenoxy) is 1. The lowest BCUT2D eigenvalue weighted by atomic mass is 9.84. The molecule has 0 aliphatic heterocycles. The highest BCUT2D eigenvalue weighted by Crippen LogP contribution is 2.36. The molecule has 0 spiro atoms. The molecule has 0 unspecified atom stereocenters. The Bertz CT molecular complexity index is 1350. The van der Waals surface area contributed by atoms with Crippen molar-refractivity contribution < 1.29 is 27.8 Å². The zero-order chi connectivity index (χ0) is 24.5. The highest BCUT2D eigenvalue weighted by atomic mass is 19.4. The van der Waals surface area contributed by atoms with E-state index in [1.54, 1.807) is 68.4 Å². The summed E-state index contributed by atoms with van der Waals surface area (Å²) >= 11 is 0. The lowest BCUT2D eigenvalue weighted by molar-refractivity contribution is -0.142. The van der Waals surface area contributed by atoms with Crippen molar-refractivity contribution in [3.05, 3.63) is 89.7 Å². The Hall–Kier alpha value is -3.94. The summed E-state index contributed by atoms with van der Waals surface area (Å²) < 4.78 is 46.1.